The summed E-state index contributed by atoms with van der Waals surface area (Å²) >= 11 is 7.50. The van der Waals surface area contributed by atoms with Crippen molar-refractivity contribution in [1.82, 2.24) is 14.9 Å². The second kappa shape index (κ2) is 11.5. The minimum Gasteiger partial charge on any atom is -0.349 e. The van der Waals surface area contributed by atoms with Gasteiger partial charge in [-0.05, 0) is 55.2 Å². The molecule has 0 atom stereocenters. The van der Waals surface area contributed by atoms with Gasteiger partial charge in [0.1, 0.15) is 5.82 Å². The molecule has 1 amide bonds. The van der Waals surface area contributed by atoms with Crippen molar-refractivity contribution in [3.63, 3.8) is 0 Å². The number of carbonyl (C=O) groups is 1. The van der Waals surface area contributed by atoms with Crippen molar-refractivity contribution in [2.45, 2.75) is 55.6 Å². The van der Waals surface area contributed by atoms with Crippen LogP contribution in [0.15, 0.2) is 76.7 Å². The predicted octanol–water partition coefficient (Wildman–Crippen LogP) is 6.40. The summed E-state index contributed by atoms with van der Waals surface area (Å²) in [5.41, 5.74) is 2.19. The number of benzene rings is 3. The van der Waals surface area contributed by atoms with E-state index < -0.39 is 5.82 Å². The quantitative estimate of drug-likeness (QED) is 0.209. The lowest BCUT2D eigenvalue weighted by molar-refractivity contribution is 0.0938. The number of nitrogens with one attached hydrogen (secondary N) is 1. The molecule has 1 saturated carbocycles. The van der Waals surface area contributed by atoms with Crippen molar-refractivity contribution >= 4 is 40.2 Å². The number of aromatic nitrogens is 2. The molecule has 8 heteroatoms. The summed E-state index contributed by atoms with van der Waals surface area (Å²) in [5, 5.41) is 4.32. The number of nitrogens with zero attached hydrogens (tertiary/aromatic N) is 2. The number of rotatable bonds is 8. The summed E-state index contributed by atoms with van der Waals surface area (Å²) in [6.45, 7) is 0.420. The molecule has 1 fully saturated rings. The Kier molecular flexibility index (Phi) is 7.91. The number of thioether (sulfide) groups is 1. The molecule has 0 unspecified atom stereocenters. The van der Waals surface area contributed by atoms with E-state index in [1.54, 1.807) is 34.9 Å². The maximum atomic E-state index is 14.4. The van der Waals surface area contributed by atoms with E-state index in [1.807, 2.05) is 30.3 Å². The number of carbonyl (C=O) groups excluding carboxylic acids is 1. The van der Waals surface area contributed by atoms with Crippen LogP contribution in [0.5, 0.6) is 0 Å². The Hall–Kier alpha value is -3.16. The van der Waals surface area contributed by atoms with Crippen LogP contribution in [0.25, 0.3) is 10.9 Å². The van der Waals surface area contributed by atoms with E-state index in [0.717, 1.165) is 31.2 Å². The van der Waals surface area contributed by atoms with Crippen LogP contribution >= 0.6 is 23.4 Å². The molecule has 0 bridgehead atoms. The highest BCUT2D eigenvalue weighted by Gasteiger charge is 2.20. The van der Waals surface area contributed by atoms with Crippen LogP contribution in [0.2, 0.25) is 5.02 Å². The van der Waals surface area contributed by atoms with E-state index in [0.29, 0.717) is 45.2 Å². The molecule has 1 N–H and O–H groups in total. The van der Waals surface area contributed by atoms with Gasteiger partial charge in [0.05, 0.1) is 10.9 Å². The Morgan fingerprint density at radius 2 is 1.86 bits per heavy atom. The number of hydrogen-bond acceptors (Lipinski definition) is 4. The van der Waals surface area contributed by atoms with Gasteiger partial charge in [-0.25, -0.2) is 9.37 Å². The van der Waals surface area contributed by atoms with Gasteiger partial charge < -0.3 is 5.32 Å². The second-order valence-electron chi connectivity index (χ2n) is 9.26. The highest BCUT2D eigenvalue weighted by Crippen LogP contribution is 2.28. The number of aryl methyl sites for hydroxylation is 1. The standard InChI is InChI=1S/C29H27ClFN3O2S/c30-24-11-6-12-25(31)23(24)18-37-29-33-26-17-20(27(35)32-21-9-4-5-10-21)13-14-22(26)28(36)34(29)16-15-19-7-2-1-3-8-19/h1-3,6-8,11-14,17,21H,4-5,9-10,15-16,18H2,(H,32,35). The molecule has 1 aliphatic rings. The zero-order valence-corrected chi connectivity index (χ0v) is 21.8. The maximum Gasteiger partial charge on any atom is 0.262 e. The third-order valence-electron chi connectivity index (χ3n) is 6.75. The molecule has 37 heavy (non-hydrogen) atoms. The van der Waals surface area contributed by atoms with Crippen molar-refractivity contribution in [2.75, 3.05) is 0 Å². The first-order chi connectivity index (χ1) is 18.0. The highest BCUT2D eigenvalue weighted by atomic mass is 35.5. The molecule has 0 spiro atoms. The van der Waals surface area contributed by atoms with Crippen LogP contribution in [0, 0.1) is 5.82 Å². The van der Waals surface area contributed by atoms with Crippen LogP contribution in [0.4, 0.5) is 4.39 Å². The summed E-state index contributed by atoms with van der Waals surface area (Å²) in [6.07, 6.45) is 4.87. The Morgan fingerprint density at radius 1 is 1.08 bits per heavy atom. The number of halogens is 2. The van der Waals surface area contributed by atoms with E-state index in [1.165, 1.54) is 17.8 Å². The summed E-state index contributed by atoms with van der Waals surface area (Å²) in [6, 6.07) is 19.7. The third-order valence-corrected chi connectivity index (χ3v) is 8.10. The lowest BCUT2D eigenvalue weighted by Gasteiger charge is -2.15. The third kappa shape index (κ3) is 5.89. The lowest BCUT2D eigenvalue weighted by Crippen LogP contribution is -2.32. The van der Waals surface area contributed by atoms with E-state index in [9.17, 15) is 14.0 Å². The zero-order chi connectivity index (χ0) is 25.8. The van der Waals surface area contributed by atoms with Gasteiger partial charge in [-0.15, -0.1) is 0 Å². The van der Waals surface area contributed by atoms with Gasteiger partial charge in [0, 0.05) is 34.5 Å². The summed E-state index contributed by atoms with van der Waals surface area (Å²) in [4.78, 5) is 31.2. The number of amides is 1. The Labute approximate surface area is 224 Å². The molecule has 5 nitrogen and oxygen atoms in total. The van der Waals surface area contributed by atoms with Gasteiger partial charge in [0.15, 0.2) is 5.16 Å². The molecule has 0 aliphatic heterocycles. The van der Waals surface area contributed by atoms with E-state index >= 15 is 0 Å². The van der Waals surface area contributed by atoms with Crippen molar-refractivity contribution in [1.29, 1.82) is 0 Å². The maximum absolute atomic E-state index is 14.4. The Bertz CT molecular complexity index is 1470. The molecule has 3 aromatic carbocycles. The minimum absolute atomic E-state index is 0.156. The molecular formula is C29H27ClFN3O2S. The predicted molar refractivity (Wildman–Crippen MR) is 147 cm³/mol. The fourth-order valence-corrected chi connectivity index (χ4v) is 6.05. The van der Waals surface area contributed by atoms with Crippen LogP contribution in [0.3, 0.4) is 0 Å². The van der Waals surface area contributed by atoms with E-state index in [2.05, 4.69) is 5.32 Å². The summed E-state index contributed by atoms with van der Waals surface area (Å²) < 4.78 is 16.1. The minimum atomic E-state index is -0.398. The van der Waals surface area contributed by atoms with Crippen molar-refractivity contribution in [3.05, 3.63) is 105 Å². The molecular weight excluding hydrogens is 509 g/mol. The Morgan fingerprint density at radius 3 is 2.62 bits per heavy atom. The largest absolute Gasteiger partial charge is 0.349 e. The first-order valence-electron chi connectivity index (χ1n) is 12.4. The molecule has 5 rings (SSSR count). The molecule has 1 aliphatic carbocycles. The average molecular weight is 536 g/mol. The van der Waals surface area contributed by atoms with Crippen molar-refractivity contribution in [3.8, 4) is 0 Å². The highest BCUT2D eigenvalue weighted by molar-refractivity contribution is 7.98. The van der Waals surface area contributed by atoms with Crippen molar-refractivity contribution < 1.29 is 9.18 Å². The first-order valence-corrected chi connectivity index (χ1v) is 13.8. The van der Waals surface area contributed by atoms with Gasteiger partial charge >= 0.3 is 0 Å². The van der Waals surface area contributed by atoms with Crippen molar-refractivity contribution in [2.24, 2.45) is 0 Å². The van der Waals surface area contributed by atoms with Crippen LogP contribution in [-0.2, 0) is 18.7 Å². The molecule has 0 saturated heterocycles. The second-order valence-corrected chi connectivity index (χ2v) is 10.6. The average Bonchev–Trinajstić information content (AvgIpc) is 3.41. The molecule has 4 aromatic rings. The van der Waals surface area contributed by atoms with Crippen LogP contribution < -0.4 is 10.9 Å². The smallest absolute Gasteiger partial charge is 0.262 e. The molecule has 1 aromatic heterocycles. The number of fused-ring (bicyclic) bond motifs is 1. The van der Waals surface area contributed by atoms with Crippen LogP contribution in [-0.4, -0.2) is 21.5 Å². The molecule has 0 radical (unpaired) electrons. The van der Waals surface area contributed by atoms with Gasteiger partial charge in [-0.2, -0.15) is 0 Å². The summed E-state index contributed by atoms with van der Waals surface area (Å²) in [5.74, 6) is -0.336. The van der Waals surface area contributed by atoms with Gasteiger partial charge in [-0.3, -0.25) is 14.2 Å². The fourth-order valence-electron chi connectivity index (χ4n) is 4.68. The van der Waals surface area contributed by atoms with Gasteiger partial charge in [0.2, 0.25) is 0 Å². The monoisotopic (exact) mass is 535 g/mol. The zero-order valence-electron chi connectivity index (χ0n) is 20.3. The fraction of sp³-hybridized carbons (Fsp3) is 0.276. The van der Waals surface area contributed by atoms with E-state index in [4.69, 9.17) is 16.6 Å². The van der Waals surface area contributed by atoms with Crippen LogP contribution in [0.1, 0.15) is 47.2 Å². The lowest BCUT2D eigenvalue weighted by atomic mass is 10.1. The summed E-state index contributed by atoms with van der Waals surface area (Å²) in [7, 11) is 0. The topological polar surface area (TPSA) is 64.0 Å². The number of hydrogen-bond donors (Lipinski definition) is 1. The van der Waals surface area contributed by atoms with Gasteiger partial charge in [-0.1, -0.05) is 72.6 Å². The van der Waals surface area contributed by atoms with E-state index in [-0.39, 0.29) is 23.3 Å². The molecule has 1 heterocycles. The first kappa shape index (κ1) is 25.5. The molecule has 190 valence electrons. The Balaban J connectivity index is 1.49. The normalized spacial score (nSPS) is 13.8. The SMILES string of the molecule is O=C(NC1CCCC1)c1ccc2c(=O)n(CCc3ccccc3)c(SCc3c(F)cccc3Cl)nc2c1. The van der Waals surface area contributed by atoms with Gasteiger partial charge in [0.25, 0.3) is 11.5 Å².